The van der Waals surface area contributed by atoms with Gasteiger partial charge in [-0.15, -0.1) is 0 Å². The highest BCUT2D eigenvalue weighted by Gasteiger charge is 2.64. The SMILES string of the molecule is CC(C)[C@]12C=CC(C)(O)[C@H]1C2. The zero-order valence-corrected chi connectivity index (χ0v) is 7.46. The van der Waals surface area contributed by atoms with Crippen molar-refractivity contribution in [2.45, 2.75) is 32.8 Å². The predicted molar refractivity (Wildman–Crippen MR) is 45.1 cm³/mol. The topological polar surface area (TPSA) is 20.2 Å². The Kier molecular flexibility index (Phi) is 1.15. The van der Waals surface area contributed by atoms with E-state index in [1.807, 2.05) is 13.0 Å². The van der Waals surface area contributed by atoms with Gasteiger partial charge in [-0.3, -0.25) is 0 Å². The molecule has 1 fully saturated rings. The van der Waals surface area contributed by atoms with Crippen LogP contribution < -0.4 is 0 Å². The standard InChI is InChI=1S/C10H16O/c1-7(2)10-5-4-9(3,11)8(10)6-10/h4-5,7-8,11H,6H2,1-3H3/t8-,9?,10-/m1/s1. The molecule has 1 nitrogen and oxygen atoms in total. The van der Waals surface area contributed by atoms with E-state index in [1.165, 1.54) is 6.42 Å². The quantitative estimate of drug-likeness (QED) is 0.569. The van der Waals surface area contributed by atoms with Crippen molar-refractivity contribution in [2.75, 3.05) is 0 Å². The van der Waals surface area contributed by atoms with Gasteiger partial charge < -0.3 is 5.11 Å². The molecule has 1 saturated carbocycles. The molecule has 0 saturated heterocycles. The van der Waals surface area contributed by atoms with Crippen molar-refractivity contribution in [1.82, 2.24) is 0 Å². The number of hydrogen-bond acceptors (Lipinski definition) is 1. The molecule has 2 aliphatic rings. The molecule has 0 aromatic rings. The Labute approximate surface area is 68.1 Å². The minimum atomic E-state index is -0.510. The van der Waals surface area contributed by atoms with Crippen molar-refractivity contribution in [1.29, 1.82) is 0 Å². The highest BCUT2D eigenvalue weighted by atomic mass is 16.3. The molecule has 1 unspecified atom stereocenters. The molecular formula is C10H16O. The van der Waals surface area contributed by atoms with Gasteiger partial charge >= 0.3 is 0 Å². The zero-order chi connectivity index (χ0) is 8.28. The zero-order valence-electron chi connectivity index (χ0n) is 7.46. The molecule has 1 N–H and O–H groups in total. The Morgan fingerprint density at radius 1 is 1.45 bits per heavy atom. The van der Waals surface area contributed by atoms with Gasteiger partial charge in [-0.2, -0.15) is 0 Å². The number of fused-ring (bicyclic) bond motifs is 1. The fraction of sp³-hybridized carbons (Fsp3) is 0.800. The van der Waals surface area contributed by atoms with Crippen LogP contribution in [0.15, 0.2) is 12.2 Å². The molecule has 3 atom stereocenters. The summed E-state index contributed by atoms with van der Waals surface area (Å²) in [4.78, 5) is 0. The van der Waals surface area contributed by atoms with E-state index in [1.54, 1.807) is 0 Å². The normalized spacial score (nSPS) is 53.4. The first-order chi connectivity index (χ1) is 4.99. The lowest BCUT2D eigenvalue weighted by Gasteiger charge is -2.17. The third-order valence-corrected chi connectivity index (χ3v) is 3.56. The maximum absolute atomic E-state index is 9.83. The highest BCUT2D eigenvalue weighted by molar-refractivity contribution is 5.32. The van der Waals surface area contributed by atoms with E-state index in [9.17, 15) is 5.11 Å². The largest absolute Gasteiger partial charge is 0.386 e. The minimum Gasteiger partial charge on any atom is -0.386 e. The van der Waals surface area contributed by atoms with E-state index in [4.69, 9.17) is 0 Å². The smallest absolute Gasteiger partial charge is 0.0836 e. The Morgan fingerprint density at radius 2 is 2.09 bits per heavy atom. The Balaban J connectivity index is 2.25. The van der Waals surface area contributed by atoms with Gasteiger partial charge in [0.1, 0.15) is 0 Å². The van der Waals surface area contributed by atoms with Crippen LogP contribution in [-0.2, 0) is 0 Å². The van der Waals surface area contributed by atoms with Gasteiger partial charge in [0, 0.05) is 5.92 Å². The molecule has 62 valence electrons. The average molecular weight is 152 g/mol. The van der Waals surface area contributed by atoms with Gasteiger partial charge in [0.2, 0.25) is 0 Å². The van der Waals surface area contributed by atoms with Gasteiger partial charge in [0.15, 0.2) is 0 Å². The molecule has 2 aliphatic carbocycles. The van der Waals surface area contributed by atoms with Crippen LogP contribution in [0.5, 0.6) is 0 Å². The molecule has 0 amide bonds. The van der Waals surface area contributed by atoms with Crippen LogP contribution >= 0.6 is 0 Å². The van der Waals surface area contributed by atoms with Crippen LogP contribution in [0.3, 0.4) is 0 Å². The minimum absolute atomic E-state index is 0.365. The van der Waals surface area contributed by atoms with Gasteiger partial charge in [-0.05, 0) is 24.7 Å². The van der Waals surface area contributed by atoms with E-state index < -0.39 is 5.60 Å². The summed E-state index contributed by atoms with van der Waals surface area (Å²) in [5.74, 6) is 1.19. The fourth-order valence-electron chi connectivity index (χ4n) is 2.50. The summed E-state index contributed by atoms with van der Waals surface area (Å²) in [7, 11) is 0. The number of hydrogen-bond donors (Lipinski definition) is 1. The number of aliphatic hydroxyl groups is 1. The summed E-state index contributed by atoms with van der Waals surface area (Å²) in [6.45, 7) is 6.41. The first kappa shape index (κ1) is 7.35. The van der Waals surface area contributed by atoms with Gasteiger partial charge in [-0.1, -0.05) is 26.0 Å². The Bertz CT molecular complexity index is 215. The number of allylic oxidation sites excluding steroid dienone is 1. The fourth-order valence-corrected chi connectivity index (χ4v) is 2.50. The summed E-state index contributed by atoms with van der Waals surface area (Å²) in [5.41, 5.74) is -0.145. The number of rotatable bonds is 1. The Morgan fingerprint density at radius 3 is 2.27 bits per heavy atom. The van der Waals surface area contributed by atoms with E-state index >= 15 is 0 Å². The van der Waals surface area contributed by atoms with E-state index in [2.05, 4.69) is 19.9 Å². The van der Waals surface area contributed by atoms with Gasteiger partial charge in [-0.25, -0.2) is 0 Å². The monoisotopic (exact) mass is 152 g/mol. The maximum atomic E-state index is 9.83. The molecule has 0 aromatic heterocycles. The third kappa shape index (κ3) is 0.750. The van der Waals surface area contributed by atoms with E-state index in [-0.39, 0.29) is 0 Å². The predicted octanol–water partition coefficient (Wildman–Crippen LogP) is 1.97. The van der Waals surface area contributed by atoms with E-state index in [0.29, 0.717) is 17.3 Å². The molecule has 1 heteroatoms. The lowest BCUT2D eigenvalue weighted by Crippen LogP contribution is -2.23. The second kappa shape index (κ2) is 1.71. The summed E-state index contributed by atoms with van der Waals surface area (Å²) >= 11 is 0. The van der Waals surface area contributed by atoms with Crippen LogP contribution in [0.1, 0.15) is 27.2 Å². The molecule has 0 radical (unpaired) electrons. The average Bonchev–Trinajstić information content (AvgIpc) is 2.54. The molecule has 0 bridgehead atoms. The van der Waals surface area contributed by atoms with Crippen LogP contribution in [0, 0.1) is 17.3 Å². The molecule has 0 aliphatic heterocycles. The second-order valence-electron chi connectivity index (χ2n) is 4.58. The molecule has 0 spiro atoms. The van der Waals surface area contributed by atoms with Crippen molar-refractivity contribution in [3.63, 3.8) is 0 Å². The molecular weight excluding hydrogens is 136 g/mol. The molecule has 11 heavy (non-hydrogen) atoms. The summed E-state index contributed by atoms with van der Waals surface area (Å²) in [6, 6.07) is 0. The maximum Gasteiger partial charge on any atom is 0.0836 e. The van der Waals surface area contributed by atoms with Crippen molar-refractivity contribution < 1.29 is 5.11 Å². The van der Waals surface area contributed by atoms with Crippen molar-refractivity contribution >= 4 is 0 Å². The van der Waals surface area contributed by atoms with Crippen LogP contribution in [-0.4, -0.2) is 10.7 Å². The lowest BCUT2D eigenvalue weighted by atomic mass is 9.91. The van der Waals surface area contributed by atoms with Crippen LogP contribution in [0.2, 0.25) is 0 Å². The molecule has 0 aromatic carbocycles. The summed E-state index contributed by atoms with van der Waals surface area (Å²) in [5, 5.41) is 9.83. The molecule has 2 rings (SSSR count). The van der Waals surface area contributed by atoms with E-state index in [0.717, 1.165) is 0 Å². The summed E-state index contributed by atoms with van der Waals surface area (Å²) < 4.78 is 0. The van der Waals surface area contributed by atoms with Crippen LogP contribution in [0.4, 0.5) is 0 Å². The second-order valence-corrected chi connectivity index (χ2v) is 4.58. The van der Waals surface area contributed by atoms with Gasteiger partial charge in [0.25, 0.3) is 0 Å². The highest BCUT2D eigenvalue weighted by Crippen LogP contribution is 2.67. The summed E-state index contributed by atoms with van der Waals surface area (Å²) in [6.07, 6.45) is 5.39. The van der Waals surface area contributed by atoms with Crippen molar-refractivity contribution in [3.05, 3.63) is 12.2 Å². The third-order valence-electron chi connectivity index (χ3n) is 3.56. The first-order valence-corrected chi connectivity index (χ1v) is 4.42. The van der Waals surface area contributed by atoms with Crippen molar-refractivity contribution in [2.24, 2.45) is 17.3 Å². The van der Waals surface area contributed by atoms with Crippen LogP contribution in [0.25, 0.3) is 0 Å². The van der Waals surface area contributed by atoms with Crippen molar-refractivity contribution in [3.8, 4) is 0 Å². The lowest BCUT2D eigenvalue weighted by molar-refractivity contribution is 0.0818. The van der Waals surface area contributed by atoms with Gasteiger partial charge in [0.05, 0.1) is 5.60 Å². The first-order valence-electron chi connectivity index (χ1n) is 4.42. The molecule has 0 heterocycles. The Hall–Kier alpha value is -0.300.